The van der Waals surface area contributed by atoms with Gasteiger partial charge in [0.05, 0.1) is 6.61 Å². The molecule has 0 heterocycles. The van der Waals surface area contributed by atoms with E-state index in [1.807, 2.05) is 24.3 Å². The van der Waals surface area contributed by atoms with Crippen molar-refractivity contribution in [1.29, 1.82) is 0 Å². The van der Waals surface area contributed by atoms with Gasteiger partial charge in [0, 0.05) is 0 Å². The van der Waals surface area contributed by atoms with Crippen LogP contribution in [0.4, 0.5) is 0 Å². The van der Waals surface area contributed by atoms with E-state index in [2.05, 4.69) is 6.07 Å². The van der Waals surface area contributed by atoms with Crippen LogP contribution in [0.5, 0.6) is 5.75 Å². The molecule has 0 atom stereocenters. The van der Waals surface area contributed by atoms with Gasteiger partial charge in [-0.05, 0) is 30.5 Å². The average Bonchev–Trinajstić information content (AvgIpc) is 2.72. The lowest BCUT2D eigenvalue weighted by molar-refractivity contribution is 0.279. The highest BCUT2D eigenvalue weighted by Crippen LogP contribution is 2.27. The van der Waals surface area contributed by atoms with Crippen molar-refractivity contribution < 1.29 is 4.74 Å². The predicted octanol–water partition coefficient (Wildman–Crippen LogP) is 3.45. The maximum absolute atomic E-state index is 5.65. The third-order valence-corrected chi connectivity index (χ3v) is 2.96. The Bertz CT molecular complexity index is 249. The van der Waals surface area contributed by atoms with Gasteiger partial charge in [-0.1, -0.05) is 37.8 Å². The molecule has 1 heteroatoms. The van der Waals surface area contributed by atoms with Gasteiger partial charge in [-0.2, -0.15) is 0 Å². The molecule has 0 unspecified atom stereocenters. The van der Waals surface area contributed by atoms with E-state index in [0.29, 0.717) is 0 Å². The molecule has 1 aliphatic carbocycles. The lowest BCUT2D eigenvalue weighted by Crippen LogP contribution is -2.03. The standard InChI is InChI=1S/C13H17O/c1-2-8-13(9-3-1)14-11-10-12-6-4-5-7-12/h2-3,8-9,12H,4-7,10-11H2. The second-order valence-corrected chi connectivity index (χ2v) is 4.02. The number of rotatable bonds is 4. The van der Waals surface area contributed by atoms with Crippen LogP contribution in [-0.2, 0) is 0 Å². The highest BCUT2D eigenvalue weighted by Gasteiger charge is 2.14. The Morgan fingerprint density at radius 2 is 1.93 bits per heavy atom. The molecule has 1 aliphatic rings. The van der Waals surface area contributed by atoms with Crippen molar-refractivity contribution in [2.75, 3.05) is 6.61 Å². The molecule has 1 nitrogen and oxygen atoms in total. The van der Waals surface area contributed by atoms with Crippen LogP contribution in [-0.4, -0.2) is 6.61 Å². The minimum atomic E-state index is 0.870. The van der Waals surface area contributed by atoms with Crippen LogP contribution in [0.3, 0.4) is 0 Å². The molecule has 1 aromatic carbocycles. The Balaban J connectivity index is 1.67. The van der Waals surface area contributed by atoms with Crippen molar-refractivity contribution in [3.8, 4) is 5.75 Å². The monoisotopic (exact) mass is 189 g/mol. The largest absolute Gasteiger partial charge is 0.494 e. The van der Waals surface area contributed by atoms with E-state index in [1.54, 1.807) is 0 Å². The smallest absolute Gasteiger partial charge is 0.119 e. The molecule has 75 valence electrons. The van der Waals surface area contributed by atoms with Gasteiger partial charge >= 0.3 is 0 Å². The number of hydrogen-bond acceptors (Lipinski definition) is 1. The predicted molar refractivity (Wildman–Crippen MR) is 57.3 cm³/mol. The summed E-state index contributed by atoms with van der Waals surface area (Å²) < 4.78 is 5.65. The van der Waals surface area contributed by atoms with Gasteiger partial charge in [0.1, 0.15) is 5.75 Å². The Hall–Kier alpha value is -0.980. The van der Waals surface area contributed by atoms with E-state index < -0.39 is 0 Å². The third kappa shape index (κ3) is 2.76. The van der Waals surface area contributed by atoms with E-state index in [1.165, 1.54) is 32.1 Å². The van der Waals surface area contributed by atoms with Crippen LogP contribution >= 0.6 is 0 Å². The topological polar surface area (TPSA) is 9.23 Å². The van der Waals surface area contributed by atoms with Crippen LogP contribution < -0.4 is 4.74 Å². The Morgan fingerprint density at radius 1 is 1.21 bits per heavy atom. The Morgan fingerprint density at radius 3 is 2.64 bits per heavy atom. The molecule has 0 bridgehead atoms. The molecule has 1 aromatic rings. The Labute approximate surface area is 86.1 Å². The molecule has 14 heavy (non-hydrogen) atoms. The van der Waals surface area contributed by atoms with Crippen molar-refractivity contribution in [2.45, 2.75) is 32.1 Å². The van der Waals surface area contributed by atoms with Crippen molar-refractivity contribution in [3.63, 3.8) is 0 Å². The maximum Gasteiger partial charge on any atom is 0.119 e. The minimum absolute atomic E-state index is 0.870. The molecule has 1 saturated carbocycles. The molecule has 0 N–H and O–H groups in total. The van der Waals surface area contributed by atoms with Crippen molar-refractivity contribution >= 4 is 0 Å². The maximum atomic E-state index is 5.65. The van der Waals surface area contributed by atoms with Crippen molar-refractivity contribution in [1.82, 2.24) is 0 Å². The first-order valence-electron chi connectivity index (χ1n) is 5.54. The third-order valence-electron chi connectivity index (χ3n) is 2.96. The molecular formula is C13H17O. The first-order chi connectivity index (χ1) is 6.95. The number of hydrogen-bond donors (Lipinski definition) is 0. The van der Waals surface area contributed by atoms with Crippen LogP contribution in [0, 0.1) is 12.0 Å². The van der Waals surface area contributed by atoms with Gasteiger partial charge in [-0.25, -0.2) is 0 Å². The molecular weight excluding hydrogens is 172 g/mol. The summed E-state index contributed by atoms with van der Waals surface area (Å²) in [5.74, 6) is 1.90. The fourth-order valence-corrected chi connectivity index (χ4v) is 2.11. The molecule has 0 spiro atoms. The summed E-state index contributed by atoms with van der Waals surface area (Å²) in [7, 11) is 0. The molecule has 0 aliphatic heterocycles. The first kappa shape index (κ1) is 9.57. The first-order valence-corrected chi connectivity index (χ1v) is 5.54. The molecule has 0 saturated heterocycles. The fourth-order valence-electron chi connectivity index (χ4n) is 2.11. The molecule has 0 amide bonds. The summed E-state index contributed by atoms with van der Waals surface area (Å²) in [4.78, 5) is 0. The second kappa shape index (κ2) is 5.04. The van der Waals surface area contributed by atoms with Crippen molar-refractivity contribution in [3.05, 3.63) is 30.3 Å². The number of ether oxygens (including phenoxy) is 1. The van der Waals surface area contributed by atoms with Gasteiger partial charge in [0.25, 0.3) is 0 Å². The zero-order valence-corrected chi connectivity index (χ0v) is 8.54. The molecule has 2 rings (SSSR count). The lowest BCUT2D eigenvalue weighted by atomic mass is 10.1. The summed E-state index contributed by atoms with van der Waals surface area (Å²) in [5, 5.41) is 0. The molecule has 1 radical (unpaired) electrons. The lowest BCUT2D eigenvalue weighted by Gasteiger charge is -2.09. The van der Waals surface area contributed by atoms with Gasteiger partial charge in [-0.15, -0.1) is 0 Å². The molecule has 0 aromatic heterocycles. The van der Waals surface area contributed by atoms with E-state index in [9.17, 15) is 0 Å². The summed E-state index contributed by atoms with van der Waals surface area (Å²) >= 11 is 0. The summed E-state index contributed by atoms with van der Waals surface area (Å²) in [5.41, 5.74) is 0. The Kier molecular flexibility index (Phi) is 3.44. The zero-order chi connectivity index (χ0) is 9.64. The van der Waals surface area contributed by atoms with Crippen LogP contribution in [0.15, 0.2) is 24.3 Å². The average molecular weight is 189 g/mol. The van der Waals surface area contributed by atoms with Crippen LogP contribution in [0.1, 0.15) is 32.1 Å². The van der Waals surface area contributed by atoms with E-state index in [0.717, 1.165) is 18.3 Å². The number of benzene rings is 1. The van der Waals surface area contributed by atoms with E-state index in [-0.39, 0.29) is 0 Å². The van der Waals surface area contributed by atoms with Crippen LogP contribution in [0.2, 0.25) is 0 Å². The minimum Gasteiger partial charge on any atom is -0.494 e. The van der Waals surface area contributed by atoms with Crippen molar-refractivity contribution in [2.24, 2.45) is 5.92 Å². The van der Waals surface area contributed by atoms with Gasteiger partial charge in [-0.3, -0.25) is 0 Å². The summed E-state index contributed by atoms with van der Waals surface area (Å²) in [6, 6.07) is 10.7. The summed E-state index contributed by atoms with van der Waals surface area (Å²) in [6.07, 6.45) is 6.88. The van der Waals surface area contributed by atoms with Crippen LogP contribution in [0.25, 0.3) is 0 Å². The molecule has 1 fully saturated rings. The highest BCUT2D eigenvalue weighted by atomic mass is 16.5. The van der Waals surface area contributed by atoms with Gasteiger partial charge in [0.2, 0.25) is 0 Å². The quantitative estimate of drug-likeness (QED) is 0.705. The van der Waals surface area contributed by atoms with Gasteiger partial charge in [0.15, 0.2) is 0 Å². The van der Waals surface area contributed by atoms with E-state index in [4.69, 9.17) is 4.74 Å². The zero-order valence-electron chi connectivity index (χ0n) is 8.54. The second-order valence-electron chi connectivity index (χ2n) is 4.02. The summed E-state index contributed by atoms with van der Waals surface area (Å²) in [6.45, 7) is 0.870. The fraction of sp³-hybridized carbons (Fsp3) is 0.538. The normalized spacial score (nSPS) is 17.1. The van der Waals surface area contributed by atoms with E-state index >= 15 is 0 Å². The SMILES string of the molecule is [c]1ccc(OCCC2CCCC2)cc1. The van der Waals surface area contributed by atoms with Gasteiger partial charge < -0.3 is 4.74 Å². The highest BCUT2D eigenvalue weighted by molar-refractivity contribution is 5.20.